The second kappa shape index (κ2) is 7.55. The molecule has 0 radical (unpaired) electrons. The SMILES string of the molecule is O=S(=O)(c1ccc(Cl)cc1)N1CCCC(COc2ccccc2)C1. The smallest absolute Gasteiger partial charge is 0.243 e. The summed E-state index contributed by atoms with van der Waals surface area (Å²) in [4.78, 5) is 0.288. The molecule has 0 saturated carbocycles. The average Bonchev–Trinajstić information content (AvgIpc) is 2.61. The van der Waals surface area contributed by atoms with E-state index in [9.17, 15) is 8.42 Å². The molecule has 4 nitrogen and oxygen atoms in total. The first-order valence-electron chi connectivity index (χ1n) is 7.99. The summed E-state index contributed by atoms with van der Waals surface area (Å²) in [6.07, 6.45) is 1.81. The van der Waals surface area contributed by atoms with Crippen molar-refractivity contribution in [2.45, 2.75) is 17.7 Å². The Hall–Kier alpha value is -1.56. The lowest BCUT2D eigenvalue weighted by Gasteiger charge is -2.31. The van der Waals surface area contributed by atoms with Gasteiger partial charge in [-0.25, -0.2) is 8.42 Å². The molecule has 1 atom stereocenters. The van der Waals surface area contributed by atoms with Crippen LogP contribution in [0.5, 0.6) is 5.75 Å². The van der Waals surface area contributed by atoms with Gasteiger partial charge in [-0.15, -0.1) is 0 Å². The maximum atomic E-state index is 12.8. The van der Waals surface area contributed by atoms with Crippen LogP contribution in [0.3, 0.4) is 0 Å². The van der Waals surface area contributed by atoms with Crippen molar-refractivity contribution in [3.05, 3.63) is 59.6 Å². The van der Waals surface area contributed by atoms with Gasteiger partial charge in [0.25, 0.3) is 0 Å². The summed E-state index contributed by atoms with van der Waals surface area (Å²) in [7, 11) is -3.48. The predicted molar refractivity (Wildman–Crippen MR) is 94.9 cm³/mol. The van der Waals surface area contributed by atoms with Crippen molar-refractivity contribution in [3.63, 3.8) is 0 Å². The van der Waals surface area contributed by atoms with Crippen molar-refractivity contribution >= 4 is 21.6 Å². The standard InChI is InChI=1S/C18H20ClNO3S/c19-16-8-10-18(11-9-16)24(21,22)20-12-4-5-15(13-20)14-23-17-6-2-1-3-7-17/h1-3,6-11,15H,4-5,12-14H2. The first kappa shape index (κ1) is 17.3. The number of rotatable bonds is 5. The molecule has 1 saturated heterocycles. The lowest BCUT2D eigenvalue weighted by molar-refractivity contribution is 0.180. The highest BCUT2D eigenvalue weighted by atomic mass is 35.5. The molecule has 0 aromatic heterocycles. The van der Waals surface area contributed by atoms with Gasteiger partial charge in [0.2, 0.25) is 10.0 Å². The Morgan fingerprint density at radius 1 is 1.08 bits per heavy atom. The fraction of sp³-hybridized carbons (Fsp3) is 0.333. The van der Waals surface area contributed by atoms with E-state index in [0.717, 1.165) is 18.6 Å². The van der Waals surface area contributed by atoms with E-state index in [2.05, 4.69) is 0 Å². The zero-order valence-electron chi connectivity index (χ0n) is 13.3. The van der Waals surface area contributed by atoms with Crippen LogP contribution in [-0.4, -0.2) is 32.4 Å². The topological polar surface area (TPSA) is 46.6 Å². The number of hydrogen-bond donors (Lipinski definition) is 0. The van der Waals surface area contributed by atoms with Gasteiger partial charge in [-0.05, 0) is 49.2 Å². The summed E-state index contributed by atoms with van der Waals surface area (Å²) < 4.78 is 32.9. The number of ether oxygens (including phenoxy) is 1. The van der Waals surface area contributed by atoms with E-state index < -0.39 is 10.0 Å². The Bertz CT molecular complexity index is 763. The molecule has 0 bridgehead atoms. The molecular formula is C18H20ClNO3S. The molecule has 24 heavy (non-hydrogen) atoms. The van der Waals surface area contributed by atoms with Crippen LogP contribution in [0.2, 0.25) is 5.02 Å². The van der Waals surface area contributed by atoms with Crippen LogP contribution < -0.4 is 4.74 Å². The highest BCUT2D eigenvalue weighted by molar-refractivity contribution is 7.89. The Morgan fingerprint density at radius 3 is 2.50 bits per heavy atom. The molecule has 1 fully saturated rings. The maximum Gasteiger partial charge on any atom is 0.243 e. The van der Waals surface area contributed by atoms with Crippen molar-refractivity contribution in [1.82, 2.24) is 4.31 Å². The number of sulfonamides is 1. The van der Waals surface area contributed by atoms with Gasteiger partial charge in [0.1, 0.15) is 5.75 Å². The molecule has 1 aliphatic heterocycles. The zero-order chi connectivity index (χ0) is 17.0. The monoisotopic (exact) mass is 365 g/mol. The van der Waals surface area contributed by atoms with E-state index in [1.54, 1.807) is 28.6 Å². The van der Waals surface area contributed by atoms with Crippen LogP contribution in [0, 0.1) is 5.92 Å². The Kier molecular flexibility index (Phi) is 5.43. The van der Waals surface area contributed by atoms with Crippen molar-refractivity contribution in [2.24, 2.45) is 5.92 Å². The fourth-order valence-electron chi connectivity index (χ4n) is 2.87. The van der Waals surface area contributed by atoms with Gasteiger partial charge in [-0.2, -0.15) is 4.31 Å². The quantitative estimate of drug-likeness (QED) is 0.809. The van der Waals surface area contributed by atoms with E-state index in [1.807, 2.05) is 30.3 Å². The van der Waals surface area contributed by atoms with Gasteiger partial charge in [0.05, 0.1) is 11.5 Å². The van der Waals surface area contributed by atoms with E-state index in [0.29, 0.717) is 24.7 Å². The van der Waals surface area contributed by atoms with Crippen LogP contribution in [-0.2, 0) is 10.0 Å². The molecular weight excluding hydrogens is 346 g/mol. The first-order chi connectivity index (χ1) is 11.6. The molecule has 128 valence electrons. The molecule has 0 aliphatic carbocycles. The minimum absolute atomic E-state index is 0.195. The number of piperidine rings is 1. The molecule has 1 unspecified atom stereocenters. The molecule has 1 aliphatic rings. The number of hydrogen-bond acceptors (Lipinski definition) is 3. The van der Waals surface area contributed by atoms with Crippen LogP contribution in [0.25, 0.3) is 0 Å². The molecule has 2 aromatic rings. The second-order valence-corrected chi connectivity index (χ2v) is 8.32. The van der Waals surface area contributed by atoms with Crippen LogP contribution in [0.1, 0.15) is 12.8 Å². The number of para-hydroxylation sites is 1. The first-order valence-corrected chi connectivity index (χ1v) is 9.81. The summed E-state index contributed by atoms with van der Waals surface area (Å²) in [6.45, 7) is 1.56. The van der Waals surface area contributed by atoms with Crippen molar-refractivity contribution in [3.8, 4) is 5.75 Å². The average molecular weight is 366 g/mol. The van der Waals surface area contributed by atoms with Gasteiger partial charge in [-0.3, -0.25) is 0 Å². The van der Waals surface area contributed by atoms with Gasteiger partial charge in [0.15, 0.2) is 0 Å². The van der Waals surface area contributed by atoms with Crippen LogP contribution >= 0.6 is 11.6 Å². The van der Waals surface area contributed by atoms with Crippen LogP contribution in [0.4, 0.5) is 0 Å². The second-order valence-electron chi connectivity index (χ2n) is 5.95. The molecule has 2 aromatic carbocycles. The van der Waals surface area contributed by atoms with Crippen LogP contribution in [0.15, 0.2) is 59.5 Å². The third-order valence-corrected chi connectivity index (χ3v) is 6.29. The summed E-state index contributed by atoms with van der Waals surface area (Å²) in [5.74, 6) is 1.01. The number of halogens is 1. The van der Waals surface area contributed by atoms with Gasteiger partial charge < -0.3 is 4.74 Å². The lowest BCUT2D eigenvalue weighted by Crippen LogP contribution is -2.41. The summed E-state index contributed by atoms with van der Waals surface area (Å²) >= 11 is 5.85. The Morgan fingerprint density at radius 2 is 1.79 bits per heavy atom. The molecule has 1 heterocycles. The maximum absolute atomic E-state index is 12.8. The molecule has 3 rings (SSSR count). The largest absolute Gasteiger partial charge is 0.493 e. The van der Waals surface area contributed by atoms with E-state index >= 15 is 0 Å². The summed E-state index contributed by atoms with van der Waals surface area (Å²) in [5, 5.41) is 0.529. The molecule has 0 amide bonds. The normalized spacial score (nSPS) is 19.1. The van der Waals surface area contributed by atoms with Crippen molar-refractivity contribution in [1.29, 1.82) is 0 Å². The summed E-state index contributed by atoms with van der Waals surface area (Å²) in [6, 6.07) is 15.9. The zero-order valence-corrected chi connectivity index (χ0v) is 14.8. The van der Waals surface area contributed by atoms with Gasteiger partial charge in [0, 0.05) is 24.0 Å². The lowest BCUT2D eigenvalue weighted by atomic mass is 10.0. The van der Waals surface area contributed by atoms with E-state index in [4.69, 9.17) is 16.3 Å². The molecule has 6 heteroatoms. The molecule has 0 N–H and O–H groups in total. The van der Waals surface area contributed by atoms with Crippen molar-refractivity contribution < 1.29 is 13.2 Å². The minimum atomic E-state index is -3.48. The minimum Gasteiger partial charge on any atom is -0.493 e. The highest BCUT2D eigenvalue weighted by Crippen LogP contribution is 2.25. The van der Waals surface area contributed by atoms with E-state index in [1.165, 1.54) is 0 Å². The van der Waals surface area contributed by atoms with E-state index in [-0.39, 0.29) is 10.8 Å². The number of nitrogens with zero attached hydrogens (tertiary/aromatic N) is 1. The Labute approximate surface area is 148 Å². The van der Waals surface area contributed by atoms with Gasteiger partial charge in [-0.1, -0.05) is 29.8 Å². The third kappa shape index (κ3) is 4.09. The number of benzene rings is 2. The third-order valence-electron chi connectivity index (χ3n) is 4.16. The Balaban J connectivity index is 1.65. The highest BCUT2D eigenvalue weighted by Gasteiger charge is 2.30. The van der Waals surface area contributed by atoms with Crippen molar-refractivity contribution in [2.75, 3.05) is 19.7 Å². The summed E-state index contributed by atoms with van der Waals surface area (Å²) in [5.41, 5.74) is 0. The fourth-order valence-corrected chi connectivity index (χ4v) is 4.55. The predicted octanol–water partition coefficient (Wildman–Crippen LogP) is 3.82. The van der Waals surface area contributed by atoms with Gasteiger partial charge >= 0.3 is 0 Å². The molecule has 0 spiro atoms.